The molecule has 0 aromatic heterocycles. The second-order valence-corrected chi connectivity index (χ2v) is 6.28. The smallest absolute Gasteiger partial charge is 0.0636 e. The van der Waals surface area contributed by atoms with Crippen LogP contribution in [-0.4, -0.2) is 75.4 Å². The number of nitrogens with zero attached hydrogens (tertiary/aromatic N) is 2. The molecule has 4 heteroatoms. The molecule has 2 fully saturated rings. The first-order valence-corrected chi connectivity index (χ1v) is 7.90. The summed E-state index contributed by atoms with van der Waals surface area (Å²) in [6, 6.07) is 1.16. The molecule has 19 heavy (non-hydrogen) atoms. The van der Waals surface area contributed by atoms with Crippen molar-refractivity contribution in [3.05, 3.63) is 0 Å². The van der Waals surface area contributed by atoms with E-state index < -0.39 is 0 Å². The molecule has 0 amide bonds. The number of nitrogens with one attached hydrogen (secondary N) is 1. The zero-order chi connectivity index (χ0) is 13.7. The molecule has 0 aromatic carbocycles. The van der Waals surface area contributed by atoms with E-state index >= 15 is 0 Å². The monoisotopic (exact) mass is 269 g/mol. The van der Waals surface area contributed by atoms with Crippen molar-refractivity contribution in [3.63, 3.8) is 0 Å². The van der Waals surface area contributed by atoms with Gasteiger partial charge in [-0.25, -0.2) is 0 Å². The van der Waals surface area contributed by atoms with Gasteiger partial charge >= 0.3 is 0 Å². The average Bonchev–Trinajstić information content (AvgIpc) is 2.42. The van der Waals surface area contributed by atoms with Gasteiger partial charge in [-0.1, -0.05) is 6.92 Å². The van der Waals surface area contributed by atoms with Crippen LogP contribution in [-0.2, 0) is 4.74 Å². The SMILES string of the molecule is CCNC1CCOCC1N(C)CC1CCN(C)CC1. The fourth-order valence-corrected chi connectivity index (χ4v) is 3.44. The topological polar surface area (TPSA) is 27.7 Å². The summed E-state index contributed by atoms with van der Waals surface area (Å²) in [5.74, 6) is 0.866. The molecule has 0 aromatic rings. The van der Waals surface area contributed by atoms with Crippen LogP contribution in [0.1, 0.15) is 26.2 Å². The van der Waals surface area contributed by atoms with Gasteiger partial charge in [-0.3, -0.25) is 4.90 Å². The van der Waals surface area contributed by atoms with Crippen LogP contribution in [0.2, 0.25) is 0 Å². The first kappa shape index (κ1) is 15.2. The second kappa shape index (κ2) is 7.58. The summed E-state index contributed by atoms with van der Waals surface area (Å²) in [4.78, 5) is 4.99. The van der Waals surface area contributed by atoms with Gasteiger partial charge < -0.3 is 15.0 Å². The van der Waals surface area contributed by atoms with Gasteiger partial charge in [0.2, 0.25) is 0 Å². The number of hydrogen-bond acceptors (Lipinski definition) is 4. The average molecular weight is 269 g/mol. The fourth-order valence-electron chi connectivity index (χ4n) is 3.44. The Morgan fingerprint density at radius 1 is 1.26 bits per heavy atom. The molecular formula is C15H31N3O. The maximum atomic E-state index is 5.70. The van der Waals surface area contributed by atoms with Gasteiger partial charge in [0.1, 0.15) is 0 Å². The molecule has 0 saturated carbocycles. The molecule has 2 aliphatic heterocycles. The number of ether oxygens (including phenoxy) is 1. The lowest BCUT2D eigenvalue weighted by molar-refractivity contribution is -0.00108. The summed E-state index contributed by atoms with van der Waals surface area (Å²) in [5, 5.41) is 3.63. The molecule has 0 radical (unpaired) electrons. The van der Waals surface area contributed by atoms with E-state index in [1.54, 1.807) is 0 Å². The Bertz CT molecular complexity index is 252. The van der Waals surface area contributed by atoms with Crippen molar-refractivity contribution < 1.29 is 4.74 Å². The predicted octanol–water partition coefficient (Wildman–Crippen LogP) is 1.03. The minimum absolute atomic E-state index is 0.549. The number of piperidine rings is 1. The van der Waals surface area contributed by atoms with Crippen LogP contribution in [0.5, 0.6) is 0 Å². The molecule has 2 heterocycles. The van der Waals surface area contributed by atoms with Crippen LogP contribution < -0.4 is 5.32 Å². The maximum Gasteiger partial charge on any atom is 0.0636 e. The van der Waals surface area contributed by atoms with Crippen molar-refractivity contribution >= 4 is 0 Å². The summed E-state index contributed by atoms with van der Waals surface area (Å²) in [6.07, 6.45) is 3.84. The van der Waals surface area contributed by atoms with Crippen LogP contribution in [0.4, 0.5) is 0 Å². The zero-order valence-corrected chi connectivity index (χ0v) is 12.9. The molecular weight excluding hydrogens is 238 g/mol. The van der Waals surface area contributed by atoms with E-state index in [0.717, 1.165) is 32.1 Å². The van der Waals surface area contributed by atoms with Crippen LogP contribution in [0.15, 0.2) is 0 Å². The van der Waals surface area contributed by atoms with E-state index in [9.17, 15) is 0 Å². The summed E-state index contributed by atoms with van der Waals surface area (Å²) in [5.41, 5.74) is 0. The highest BCUT2D eigenvalue weighted by Crippen LogP contribution is 2.20. The summed E-state index contributed by atoms with van der Waals surface area (Å²) < 4.78 is 5.70. The normalized spacial score (nSPS) is 30.9. The van der Waals surface area contributed by atoms with Crippen molar-refractivity contribution in [1.29, 1.82) is 0 Å². The van der Waals surface area contributed by atoms with Crippen molar-refractivity contribution in [2.75, 3.05) is 53.5 Å². The molecule has 0 spiro atoms. The Labute approximate surface area is 118 Å². The van der Waals surface area contributed by atoms with Gasteiger partial charge in [0.05, 0.1) is 6.61 Å². The summed E-state index contributed by atoms with van der Waals surface area (Å²) >= 11 is 0. The quantitative estimate of drug-likeness (QED) is 0.807. The van der Waals surface area contributed by atoms with E-state index in [2.05, 4.69) is 36.1 Å². The van der Waals surface area contributed by atoms with Gasteiger partial charge in [-0.05, 0) is 58.9 Å². The van der Waals surface area contributed by atoms with E-state index in [1.807, 2.05) is 0 Å². The standard InChI is InChI=1S/C15H31N3O/c1-4-16-14-7-10-19-12-15(14)18(3)11-13-5-8-17(2)9-6-13/h13-16H,4-12H2,1-3H3. The lowest BCUT2D eigenvalue weighted by atomic mass is 9.94. The number of likely N-dealkylation sites (tertiary alicyclic amines) is 1. The molecule has 2 rings (SSSR count). The summed E-state index contributed by atoms with van der Waals surface area (Å²) in [6.45, 7) is 8.81. The molecule has 0 aliphatic carbocycles. The van der Waals surface area contributed by atoms with Crippen LogP contribution >= 0.6 is 0 Å². The van der Waals surface area contributed by atoms with E-state index in [-0.39, 0.29) is 0 Å². The van der Waals surface area contributed by atoms with Crippen LogP contribution in [0, 0.1) is 5.92 Å². The van der Waals surface area contributed by atoms with E-state index in [4.69, 9.17) is 4.74 Å². The Hall–Kier alpha value is -0.160. The highest BCUT2D eigenvalue weighted by atomic mass is 16.5. The molecule has 112 valence electrons. The number of hydrogen-bond donors (Lipinski definition) is 1. The highest BCUT2D eigenvalue weighted by molar-refractivity contribution is 4.87. The van der Waals surface area contributed by atoms with Gasteiger partial charge in [-0.2, -0.15) is 0 Å². The van der Waals surface area contributed by atoms with Gasteiger partial charge in [0.25, 0.3) is 0 Å². The molecule has 1 N–H and O–H groups in total. The molecule has 0 bridgehead atoms. The van der Waals surface area contributed by atoms with Crippen molar-refractivity contribution in [3.8, 4) is 0 Å². The third-order valence-electron chi connectivity index (χ3n) is 4.74. The van der Waals surface area contributed by atoms with Gasteiger partial charge in [0.15, 0.2) is 0 Å². The van der Waals surface area contributed by atoms with Crippen molar-refractivity contribution in [2.24, 2.45) is 5.92 Å². The molecule has 2 atom stereocenters. The van der Waals surface area contributed by atoms with Gasteiger partial charge in [0, 0.05) is 25.2 Å². The van der Waals surface area contributed by atoms with E-state index in [0.29, 0.717) is 12.1 Å². The molecule has 2 aliphatic rings. The Morgan fingerprint density at radius 2 is 2.00 bits per heavy atom. The lowest BCUT2D eigenvalue weighted by Crippen LogP contribution is -2.55. The Morgan fingerprint density at radius 3 is 2.68 bits per heavy atom. The fraction of sp³-hybridized carbons (Fsp3) is 1.00. The molecule has 2 saturated heterocycles. The van der Waals surface area contributed by atoms with Crippen LogP contribution in [0.25, 0.3) is 0 Å². The third kappa shape index (κ3) is 4.42. The highest BCUT2D eigenvalue weighted by Gasteiger charge is 2.30. The Kier molecular flexibility index (Phi) is 6.07. The largest absolute Gasteiger partial charge is 0.380 e. The Balaban J connectivity index is 1.81. The third-order valence-corrected chi connectivity index (χ3v) is 4.74. The number of likely N-dealkylation sites (N-methyl/N-ethyl adjacent to an activating group) is 2. The minimum Gasteiger partial charge on any atom is -0.380 e. The lowest BCUT2D eigenvalue weighted by Gasteiger charge is -2.40. The minimum atomic E-state index is 0.549. The van der Waals surface area contributed by atoms with Crippen molar-refractivity contribution in [1.82, 2.24) is 15.1 Å². The first-order valence-electron chi connectivity index (χ1n) is 7.90. The van der Waals surface area contributed by atoms with Gasteiger partial charge in [-0.15, -0.1) is 0 Å². The van der Waals surface area contributed by atoms with Crippen molar-refractivity contribution in [2.45, 2.75) is 38.3 Å². The van der Waals surface area contributed by atoms with Crippen LogP contribution in [0.3, 0.4) is 0 Å². The van der Waals surface area contributed by atoms with E-state index in [1.165, 1.54) is 32.5 Å². The summed E-state index contributed by atoms with van der Waals surface area (Å²) in [7, 11) is 4.51. The maximum absolute atomic E-state index is 5.70. The zero-order valence-electron chi connectivity index (χ0n) is 12.9. The number of rotatable bonds is 5. The first-order chi connectivity index (χ1) is 9.20. The predicted molar refractivity (Wildman–Crippen MR) is 79.5 cm³/mol. The molecule has 2 unspecified atom stereocenters. The second-order valence-electron chi connectivity index (χ2n) is 6.28. The molecule has 4 nitrogen and oxygen atoms in total.